The number of fused-ring (bicyclic) bond motifs is 7. The summed E-state index contributed by atoms with van der Waals surface area (Å²) in [5, 5.41) is 6.95. The van der Waals surface area contributed by atoms with Crippen molar-refractivity contribution in [3.8, 4) is 0 Å². The highest BCUT2D eigenvalue weighted by Gasteiger charge is 2.15. The average Bonchev–Trinajstić information content (AvgIpc) is 3.03. The van der Waals surface area contributed by atoms with Crippen molar-refractivity contribution >= 4 is 51.6 Å². The van der Waals surface area contributed by atoms with Crippen molar-refractivity contribution < 1.29 is 8.39 Å². The van der Waals surface area contributed by atoms with Crippen molar-refractivity contribution in [1.29, 1.82) is 0 Å². The van der Waals surface area contributed by atoms with Gasteiger partial charge in [0.05, 0.1) is 0 Å². The molecule has 0 N–H and O–H groups in total. The minimum absolute atomic E-state index is 0.754. The molecule has 0 aliphatic rings. The van der Waals surface area contributed by atoms with E-state index in [0.29, 0.717) is 0 Å². The Labute approximate surface area is 193 Å². The van der Waals surface area contributed by atoms with Crippen LogP contribution < -0.4 is 4.67 Å². The molecule has 1 aromatic heterocycles. The van der Waals surface area contributed by atoms with Gasteiger partial charge in [-0.05, 0) is 51.7 Å². The van der Waals surface area contributed by atoms with Gasteiger partial charge in [0.25, 0.3) is 0 Å². The van der Waals surface area contributed by atoms with Crippen LogP contribution in [0, 0.1) is 6.92 Å². The third kappa shape index (κ3) is 3.51. The Kier molecular flexibility index (Phi) is 4.95. The molecular weight excluding hydrogens is 425 g/mol. The van der Waals surface area contributed by atoms with Crippen molar-refractivity contribution in [1.82, 2.24) is 0 Å². The summed E-state index contributed by atoms with van der Waals surface area (Å²) in [6.07, 6.45) is 0. The molecule has 1 heterocycles. The summed E-state index contributed by atoms with van der Waals surface area (Å²) < 4.78 is 15.5. The predicted octanol–water partition coefficient (Wildman–Crippen LogP) is 8.67. The molecular formula is C29H24NO2P. The van der Waals surface area contributed by atoms with E-state index in [0.717, 1.165) is 28.5 Å². The first-order valence-corrected chi connectivity index (χ1v) is 12.3. The lowest BCUT2D eigenvalue weighted by atomic mass is 9.99. The van der Waals surface area contributed by atoms with E-state index < -0.39 is 8.16 Å². The van der Waals surface area contributed by atoms with Crippen LogP contribution in [0.3, 0.4) is 0 Å². The van der Waals surface area contributed by atoms with Crippen LogP contribution in [0.5, 0.6) is 0 Å². The van der Waals surface area contributed by atoms with E-state index >= 15 is 0 Å². The zero-order valence-electron chi connectivity index (χ0n) is 18.7. The molecule has 5 aromatic carbocycles. The summed E-state index contributed by atoms with van der Waals surface area (Å²) >= 11 is 0. The molecule has 0 atom stereocenters. The fourth-order valence-corrected chi connectivity index (χ4v) is 5.81. The molecule has 6 rings (SSSR count). The van der Waals surface area contributed by atoms with E-state index in [2.05, 4.69) is 116 Å². The summed E-state index contributed by atoms with van der Waals surface area (Å²) in [5.41, 5.74) is 4.28. The van der Waals surface area contributed by atoms with Crippen LogP contribution in [-0.2, 0) is 6.54 Å². The normalized spacial score (nSPS) is 11.7. The molecule has 33 heavy (non-hydrogen) atoms. The Hall–Kier alpha value is -3.52. The van der Waals surface area contributed by atoms with Crippen LogP contribution in [0.1, 0.15) is 11.1 Å². The van der Waals surface area contributed by atoms with Gasteiger partial charge < -0.3 is 8.39 Å². The van der Waals surface area contributed by atoms with Gasteiger partial charge in [0, 0.05) is 24.4 Å². The van der Waals surface area contributed by atoms with Crippen molar-refractivity contribution in [3.63, 3.8) is 0 Å². The molecule has 162 valence electrons. The largest absolute Gasteiger partial charge is 0.408 e. The zero-order chi connectivity index (χ0) is 22.4. The van der Waals surface area contributed by atoms with Crippen molar-refractivity contribution in [2.24, 2.45) is 0 Å². The molecule has 0 saturated heterocycles. The third-order valence-electron chi connectivity index (χ3n) is 6.32. The van der Waals surface area contributed by atoms with Crippen LogP contribution in [0.4, 0.5) is 0 Å². The van der Waals surface area contributed by atoms with E-state index in [1.807, 2.05) is 0 Å². The van der Waals surface area contributed by atoms with Gasteiger partial charge in [0.2, 0.25) is 0 Å². The SMILES string of the molecule is Cc1ccccc1CN(C)p1oc2ccc3ccccc3c2c2c(ccc3ccccc32)o1. The van der Waals surface area contributed by atoms with E-state index in [1.165, 1.54) is 32.7 Å². The first kappa shape index (κ1) is 20.1. The molecule has 0 spiro atoms. The first-order valence-electron chi connectivity index (χ1n) is 11.1. The standard InChI is InChI=1S/C29H24NO2P/c1-20-9-3-4-12-23(20)19-30(2)33-31-26-17-15-21-10-5-7-13-24(21)28(26)29-25-14-8-6-11-22(25)16-18-27(29)32-33/h3-18H,19H2,1-2H3. The predicted molar refractivity (Wildman–Crippen MR) is 140 cm³/mol. The molecule has 0 unspecified atom stereocenters. The molecule has 3 nitrogen and oxygen atoms in total. The lowest BCUT2D eigenvalue weighted by Gasteiger charge is -2.14. The fourth-order valence-electron chi connectivity index (χ4n) is 4.59. The smallest absolute Gasteiger partial charge is 0.309 e. The van der Waals surface area contributed by atoms with Gasteiger partial charge in [-0.3, -0.25) is 0 Å². The van der Waals surface area contributed by atoms with Gasteiger partial charge in [-0.15, -0.1) is 0 Å². The number of hydrogen-bond donors (Lipinski definition) is 0. The summed E-state index contributed by atoms with van der Waals surface area (Å²) in [5.74, 6) is 0. The highest BCUT2D eigenvalue weighted by molar-refractivity contribution is 7.38. The molecule has 0 bridgehead atoms. The highest BCUT2D eigenvalue weighted by atomic mass is 31.1. The highest BCUT2D eigenvalue weighted by Crippen LogP contribution is 2.41. The maximum absolute atomic E-state index is 6.64. The Morgan fingerprint density at radius 3 is 1.73 bits per heavy atom. The number of benzene rings is 5. The van der Waals surface area contributed by atoms with E-state index in [4.69, 9.17) is 8.39 Å². The maximum Gasteiger partial charge on any atom is 0.309 e. The van der Waals surface area contributed by atoms with E-state index in [1.54, 1.807) is 0 Å². The average molecular weight is 449 g/mol. The monoisotopic (exact) mass is 449 g/mol. The maximum atomic E-state index is 6.64. The quantitative estimate of drug-likeness (QED) is 0.271. The van der Waals surface area contributed by atoms with Crippen molar-refractivity contribution in [2.75, 3.05) is 11.7 Å². The number of hydrogen-bond acceptors (Lipinski definition) is 3. The Bertz CT molecular complexity index is 1590. The Morgan fingerprint density at radius 2 is 1.15 bits per heavy atom. The van der Waals surface area contributed by atoms with Crippen LogP contribution in [0.2, 0.25) is 0 Å². The minimum atomic E-state index is -1.35. The lowest BCUT2D eigenvalue weighted by molar-refractivity contribution is 0.628. The van der Waals surface area contributed by atoms with Crippen LogP contribution in [0.15, 0.2) is 105 Å². The molecule has 0 aliphatic heterocycles. The second kappa shape index (κ2) is 8.12. The molecule has 0 fully saturated rings. The third-order valence-corrected chi connectivity index (χ3v) is 7.73. The Balaban J connectivity index is 1.70. The number of aryl methyl sites for hydroxylation is 1. The fraction of sp³-hybridized carbons (Fsp3) is 0.103. The summed E-state index contributed by atoms with van der Waals surface area (Å²) in [4.78, 5) is 0. The molecule has 0 aliphatic carbocycles. The molecule has 0 radical (unpaired) electrons. The summed E-state index contributed by atoms with van der Waals surface area (Å²) in [6.45, 7) is 2.90. The second-order valence-corrected chi connectivity index (χ2v) is 10.0. The minimum Gasteiger partial charge on any atom is -0.408 e. The zero-order valence-corrected chi connectivity index (χ0v) is 19.6. The van der Waals surface area contributed by atoms with Crippen LogP contribution in [0.25, 0.3) is 43.5 Å². The van der Waals surface area contributed by atoms with Gasteiger partial charge >= 0.3 is 8.16 Å². The summed E-state index contributed by atoms with van der Waals surface area (Å²) in [6, 6.07) is 33.9. The van der Waals surface area contributed by atoms with Crippen molar-refractivity contribution in [3.05, 3.63) is 108 Å². The van der Waals surface area contributed by atoms with Gasteiger partial charge in [-0.1, -0.05) is 84.9 Å². The lowest BCUT2D eigenvalue weighted by Crippen LogP contribution is -2.13. The molecule has 4 heteroatoms. The second-order valence-electron chi connectivity index (χ2n) is 8.48. The molecule has 0 saturated carbocycles. The van der Waals surface area contributed by atoms with E-state index in [9.17, 15) is 0 Å². The first-order chi connectivity index (χ1) is 16.2. The topological polar surface area (TPSA) is 29.5 Å². The van der Waals surface area contributed by atoms with Gasteiger partial charge in [-0.2, -0.15) is 0 Å². The van der Waals surface area contributed by atoms with Gasteiger partial charge in [-0.25, -0.2) is 4.67 Å². The number of rotatable bonds is 3. The van der Waals surface area contributed by atoms with Gasteiger partial charge in [0.1, 0.15) is 11.2 Å². The van der Waals surface area contributed by atoms with Gasteiger partial charge in [0.15, 0.2) is 0 Å². The van der Waals surface area contributed by atoms with Crippen LogP contribution >= 0.6 is 8.16 Å². The van der Waals surface area contributed by atoms with Crippen LogP contribution in [-0.4, -0.2) is 7.05 Å². The summed E-state index contributed by atoms with van der Waals surface area (Å²) in [7, 11) is 0.728. The Morgan fingerprint density at radius 1 is 0.636 bits per heavy atom. The molecule has 0 amide bonds. The molecule has 6 aromatic rings. The van der Waals surface area contributed by atoms with E-state index in [-0.39, 0.29) is 0 Å². The number of nitrogens with zero attached hydrogens (tertiary/aromatic N) is 1. The van der Waals surface area contributed by atoms with Crippen molar-refractivity contribution in [2.45, 2.75) is 13.5 Å².